The van der Waals surface area contributed by atoms with Gasteiger partial charge in [0.2, 0.25) is 11.7 Å². The molecule has 1 aliphatic heterocycles. The van der Waals surface area contributed by atoms with E-state index in [1.54, 1.807) is 18.2 Å². The minimum absolute atomic E-state index is 0.0177. The Bertz CT molecular complexity index is 655. The van der Waals surface area contributed by atoms with E-state index in [0.29, 0.717) is 22.1 Å². The molecule has 0 aliphatic carbocycles. The van der Waals surface area contributed by atoms with E-state index < -0.39 is 0 Å². The molecule has 1 aromatic carbocycles. The summed E-state index contributed by atoms with van der Waals surface area (Å²) in [4.78, 5) is 12.3. The van der Waals surface area contributed by atoms with Gasteiger partial charge in [0, 0.05) is 22.9 Å². The Hall–Kier alpha value is -1.99. The number of hydrogen-bond acceptors (Lipinski definition) is 5. The van der Waals surface area contributed by atoms with Crippen LogP contribution in [-0.4, -0.2) is 39.2 Å². The number of aromatic amines is 1. The fourth-order valence-corrected chi connectivity index (χ4v) is 2.73. The maximum absolute atomic E-state index is 12.3. The smallest absolute Gasteiger partial charge is 0.229 e. The molecule has 0 radical (unpaired) electrons. The molecule has 2 heterocycles. The number of amides is 1. The minimum atomic E-state index is -0.213. The van der Waals surface area contributed by atoms with Crippen LogP contribution in [0.15, 0.2) is 18.2 Å². The zero-order valence-electron chi connectivity index (χ0n) is 12.0. The average Bonchev–Trinajstić information content (AvgIpc) is 3.19. The van der Waals surface area contributed by atoms with Gasteiger partial charge < -0.3 is 10.1 Å². The molecule has 1 amide bonds. The number of carbonyl (C=O) groups excluding carboxylic acids is 1. The third kappa shape index (κ3) is 3.26. The van der Waals surface area contributed by atoms with Gasteiger partial charge >= 0.3 is 0 Å². The summed E-state index contributed by atoms with van der Waals surface area (Å²) in [5.74, 6) is 0.119. The largest absolute Gasteiger partial charge is 0.377 e. The van der Waals surface area contributed by atoms with Crippen LogP contribution in [-0.2, 0) is 9.53 Å². The predicted octanol–water partition coefficient (Wildman–Crippen LogP) is 2.27. The van der Waals surface area contributed by atoms with Crippen molar-refractivity contribution < 1.29 is 9.53 Å². The quantitative estimate of drug-likeness (QED) is 0.901. The molecule has 1 saturated heterocycles. The Morgan fingerprint density at radius 1 is 1.50 bits per heavy atom. The van der Waals surface area contributed by atoms with Crippen molar-refractivity contribution >= 4 is 23.2 Å². The molecule has 0 saturated carbocycles. The first-order valence-corrected chi connectivity index (χ1v) is 7.48. The van der Waals surface area contributed by atoms with E-state index in [9.17, 15) is 4.79 Å². The van der Waals surface area contributed by atoms with Crippen LogP contribution in [0.4, 0.5) is 5.69 Å². The van der Waals surface area contributed by atoms with E-state index in [1.165, 1.54) is 0 Å². The van der Waals surface area contributed by atoms with Gasteiger partial charge in [-0.05, 0) is 36.3 Å². The van der Waals surface area contributed by atoms with Crippen LogP contribution >= 0.6 is 11.6 Å². The van der Waals surface area contributed by atoms with Crippen molar-refractivity contribution in [3.63, 3.8) is 0 Å². The molecule has 2 N–H and O–H groups in total. The van der Waals surface area contributed by atoms with Crippen LogP contribution in [0, 0.1) is 5.92 Å². The summed E-state index contributed by atoms with van der Waals surface area (Å²) in [6, 6.07) is 5.16. The molecule has 3 rings (SSSR count). The van der Waals surface area contributed by atoms with Crippen LogP contribution in [0.2, 0.25) is 5.02 Å². The van der Waals surface area contributed by atoms with Crippen LogP contribution in [0.25, 0.3) is 11.4 Å². The summed E-state index contributed by atoms with van der Waals surface area (Å²) >= 11 is 6.09. The lowest BCUT2D eigenvalue weighted by atomic mass is 10.0. The van der Waals surface area contributed by atoms with E-state index in [1.807, 2.05) is 6.92 Å². The van der Waals surface area contributed by atoms with Gasteiger partial charge in [-0.3, -0.25) is 4.79 Å². The molecule has 2 aromatic rings. The molecule has 8 heteroatoms. The van der Waals surface area contributed by atoms with Gasteiger partial charge in [-0.2, -0.15) is 5.21 Å². The number of hydrogen-bond donors (Lipinski definition) is 2. The van der Waals surface area contributed by atoms with Crippen molar-refractivity contribution in [3.05, 3.63) is 23.2 Å². The highest BCUT2D eigenvalue weighted by atomic mass is 35.5. The van der Waals surface area contributed by atoms with Crippen LogP contribution < -0.4 is 5.32 Å². The molecule has 2 atom stereocenters. The van der Waals surface area contributed by atoms with E-state index in [2.05, 4.69) is 25.9 Å². The lowest BCUT2D eigenvalue weighted by Gasteiger charge is -2.18. The monoisotopic (exact) mass is 321 g/mol. The Kier molecular flexibility index (Phi) is 4.35. The average molecular weight is 322 g/mol. The zero-order valence-corrected chi connectivity index (χ0v) is 12.8. The standard InChI is InChI=1S/C14H16ClN5O2/c1-8(12-3-2-4-22-12)14(21)16-11-6-9(5-10(15)7-11)13-17-19-20-18-13/h5-8,12H,2-4H2,1H3,(H,16,21)(H,17,18,19,20). The van der Waals surface area contributed by atoms with Crippen LogP contribution in [0.5, 0.6) is 0 Å². The minimum Gasteiger partial charge on any atom is -0.377 e. The molecule has 1 aliphatic rings. The maximum atomic E-state index is 12.3. The number of benzene rings is 1. The van der Waals surface area contributed by atoms with Gasteiger partial charge in [0.05, 0.1) is 12.0 Å². The number of anilines is 1. The molecule has 7 nitrogen and oxygen atoms in total. The molecule has 116 valence electrons. The van der Waals surface area contributed by atoms with E-state index in [4.69, 9.17) is 16.3 Å². The molecule has 0 bridgehead atoms. The zero-order chi connectivity index (χ0) is 15.5. The number of halogens is 1. The SMILES string of the molecule is CC(C(=O)Nc1cc(Cl)cc(-c2nn[nH]n2)c1)C1CCCO1. The molecular formula is C14H16ClN5O2. The third-order valence-corrected chi connectivity index (χ3v) is 3.92. The molecule has 0 spiro atoms. The van der Waals surface area contributed by atoms with Crippen molar-refractivity contribution in [2.24, 2.45) is 5.92 Å². The molecule has 2 unspecified atom stereocenters. The Labute approximate surface area is 132 Å². The highest BCUT2D eigenvalue weighted by Gasteiger charge is 2.27. The fraction of sp³-hybridized carbons (Fsp3) is 0.429. The van der Waals surface area contributed by atoms with Crippen molar-refractivity contribution in [1.29, 1.82) is 0 Å². The number of nitrogens with one attached hydrogen (secondary N) is 2. The summed E-state index contributed by atoms with van der Waals surface area (Å²) < 4.78 is 5.56. The highest BCUT2D eigenvalue weighted by molar-refractivity contribution is 6.31. The molecular weight excluding hydrogens is 306 g/mol. The number of H-pyrrole nitrogens is 1. The van der Waals surface area contributed by atoms with Crippen molar-refractivity contribution in [3.8, 4) is 11.4 Å². The van der Waals surface area contributed by atoms with Gasteiger partial charge in [0.1, 0.15) is 0 Å². The van der Waals surface area contributed by atoms with Crippen molar-refractivity contribution in [2.75, 3.05) is 11.9 Å². The fourth-order valence-electron chi connectivity index (χ4n) is 2.50. The Balaban J connectivity index is 1.75. The third-order valence-electron chi connectivity index (χ3n) is 3.71. The van der Waals surface area contributed by atoms with E-state index in [-0.39, 0.29) is 17.9 Å². The number of ether oxygens (including phenoxy) is 1. The van der Waals surface area contributed by atoms with Crippen molar-refractivity contribution in [2.45, 2.75) is 25.9 Å². The molecule has 1 fully saturated rings. The first-order chi connectivity index (χ1) is 10.6. The summed E-state index contributed by atoms with van der Waals surface area (Å²) in [6.07, 6.45) is 1.90. The van der Waals surface area contributed by atoms with Gasteiger partial charge in [0.15, 0.2) is 0 Å². The summed E-state index contributed by atoms with van der Waals surface area (Å²) in [7, 11) is 0. The number of nitrogens with zero attached hydrogens (tertiary/aromatic N) is 3. The van der Waals surface area contributed by atoms with Gasteiger partial charge in [-0.1, -0.05) is 18.5 Å². The Morgan fingerprint density at radius 3 is 3.05 bits per heavy atom. The normalized spacial score (nSPS) is 19.1. The second-order valence-corrected chi connectivity index (χ2v) is 5.73. The lowest BCUT2D eigenvalue weighted by Crippen LogP contribution is -2.30. The van der Waals surface area contributed by atoms with Gasteiger partial charge in [-0.25, -0.2) is 0 Å². The maximum Gasteiger partial charge on any atom is 0.229 e. The van der Waals surface area contributed by atoms with Gasteiger partial charge in [-0.15, -0.1) is 10.2 Å². The summed E-state index contributed by atoms with van der Waals surface area (Å²) in [5.41, 5.74) is 1.28. The number of carbonyl (C=O) groups is 1. The van der Waals surface area contributed by atoms with Crippen LogP contribution in [0.3, 0.4) is 0 Å². The number of rotatable bonds is 4. The van der Waals surface area contributed by atoms with E-state index >= 15 is 0 Å². The van der Waals surface area contributed by atoms with Crippen LogP contribution in [0.1, 0.15) is 19.8 Å². The molecule has 1 aromatic heterocycles. The van der Waals surface area contributed by atoms with Gasteiger partial charge in [0.25, 0.3) is 0 Å². The lowest BCUT2D eigenvalue weighted by molar-refractivity contribution is -0.122. The predicted molar refractivity (Wildman–Crippen MR) is 81.4 cm³/mol. The second kappa shape index (κ2) is 6.41. The second-order valence-electron chi connectivity index (χ2n) is 5.29. The van der Waals surface area contributed by atoms with E-state index in [0.717, 1.165) is 19.4 Å². The topological polar surface area (TPSA) is 92.8 Å². The summed E-state index contributed by atoms with van der Waals surface area (Å²) in [5, 5.41) is 17.1. The number of aromatic nitrogens is 4. The first-order valence-electron chi connectivity index (χ1n) is 7.10. The first kappa shape index (κ1) is 14.9. The summed E-state index contributed by atoms with van der Waals surface area (Å²) in [6.45, 7) is 2.59. The van der Waals surface area contributed by atoms with Crippen molar-refractivity contribution in [1.82, 2.24) is 20.6 Å². The highest BCUT2D eigenvalue weighted by Crippen LogP contribution is 2.26. The Morgan fingerprint density at radius 2 is 2.36 bits per heavy atom. The number of tetrazole rings is 1. The molecule has 22 heavy (non-hydrogen) atoms.